The van der Waals surface area contributed by atoms with E-state index in [1.807, 2.05) is 24.3 Å². The SMILES string of the molecule is C#CCn1nc(O)c2ccccc21. The van der Waals surface area contributed by atoms with Crippen molar-refractivity contribution in [2.75, 3.05) is 0 Å². The van der Waals surface area contributed by atoms with E-state index in [0.29, 0.717) is 6.54 Å². The van der Waals surface area contributed by atoms with E-state index in [1.54, 1.807) is 4.68 Å². The molecule has 13 heavy (non-hydrogen) atoms. The van der Waals surface area contributed by atoms with E-state index in [2.05, 4.69) is 11.0 Å². The fourth-order valence-electron chi connectivity index (χ4n) is 1.32. The van der Waals surface area contributed by atoms with Crippen molar-refractivity contribution in [2.45, 2.75) is 6.54 Å². The van der Waals surface area contributed by atoms with Crippen molar-refractivity contribution in [3.8, 4) is 18.2 Å². The predicted octanol–water partition coefficient (Wildman–Crippen LogP) is 1.38. The van der Waals surface area contributed by atoms with Gasteiger partial charge in [-0.25, -0.2) is 4.68 Å². The maximum Gasteiger partial charge on any atom is 0.238 e. The van der Waals surface area contributed by atoms with Gasteiger partial charge in [0.25, 0.3) is 0 Å². The number of aromatic hydroxyl groups is 1. The smallest absolute Gasteiger partial charge is 0.238 e. The summed E-state index contributed by atoms with van der Waals surface area (Å²) in [6.07, 6.45) is 5.17. The molecule has 0 bridgehead atoms. The zero-order valence-electron chi connectivity index (χ0n) is 6.94. The molecule has 0 aliphatic rings. The van der Waals surface area contributed by atoms with Crippen LogP contribution < -0.4 is 0 Å². The van der Waals surface area contributed by atoms with Crippen molar-refractivity contribution < 1.29 is 5.11 Å². The largest absolute Gasteiger partial charge is 0.492 e. The van der Waals surface area contributed by atoms with Gasteiger partial charge < -0.3 is 5.11 Å². The van der Waals surface area contributed by atoms with E-state index in [-0.39, 0.29) is 5.88 Å². The number of nitrogens with zero attached hydrogens (tertiary/aromatic N) is 2. The Morgan fingerprint density at radius 1 is 1.46 bits per heavy atom. The molecular formula is C10H8N2O. The summed E-state index contributed by atoms with van der Waals surface area (Å²) >= 11 is 0. The number of aromatic nitrogens is 2. The fraction of sp³-hybridized carbons (Fsp3) is 0.100. The van der Waals surface area contributed by atoms with Gasteiger partial charge in [-0.05, 0) is 12.1 Å². The Bertz CT molecular complexity index is 479. The van der Waals surface area contributed by atoms with Crippen molar-refractivity contribution >= 4 is 10.9 Å². The van der Waals surface area contributed by atoms with Crippen LogP contribution in [0.1, 0.15) is 0 Å². The number of fused-ring (bicyclic) bond motifs is 1. The zero-order chi connectivity index (χ0) is 9.26. The monoisotopic (exact) mass is 172 g/mol. The number of para-hydroxylation sites is 1. The molecule has 0 saturated heterocycles. The summed E-state index contributed by atoms with van der Waals surface area (Å²) < 4.78 is 1.60. The van der Waals surface area contributed by atoms with E-state index in [0.717, 1.165) is 10.9 Å². The van der Waals surface area contributed by atoms with Crippen LogP contribution in [0, 0.1) is 12.3 Å². The van der Waals surface area contributed by atoms with Gasteiger partial charge in [0.1, 0.15) is 6.54 Å². The summed E-state index contributed by atoms with van der Waals surface area (Å²) in [5, 5.41) is 14.1. The van der Waals surface area contributed by atoms with Gasteiger partial charge in [0.05, 0.1) is 10.9 Å². The lowest BCUT2D eigenvalue weighted by Gasteiger charge is -1.94. The lowest BCUT2D eigenvalue weighted by atomic mass is 10.2. The molecule has 1 aromatic carbocycles. The van der Waals surface area contributed by atoms with Gasteiger partial charge in [0.15, 0.2) is 0 Å². The first-order chi connectivity index (χ1) is 6.33. The number of rotatable bonds is 1. The molecule has 0 radical (unpaired) electrons. The summed E-state index contributed by atoms with van der Waals surface area (Å²) in [5.74, 6) is 2.51. The van der Waals surface area contributed by atoms with Crippen LogP contribution in [0.25, 0.3) is 10.9 Å². The van der Waals surface area contributed by atoms with Crippen molar-refractivity contribution in [1.82, 2.24) is 9.78 Å². The Labute approximate surface area is 75.6 Å². The van der Waals surface area contributed by atoms with E-state index >= 15 is 0 Å². The number of benzene rings is 1. The third kappa shape index (κ3) is 1.13. The Morgan fingerprint density at radius 3 is 3.00 bits per heavy atom. The number of hydrogen-bond donors (Lipinski definition) is 1. The highest BCUT2D eigenvalue weighted by Crippen LogP contribution is 2.22. The van der Waals surface area contributed by atoms with E-state index in [1.165, 1.54) is 0 Å². The van der Waals surface area contributed by atoms with Crippen molar-refractivity contribution in [1.29, 1.82) is 0 Å². The maximum atomic E-state index is 9.42. The second-order valence-electron chi connectivity index (χ2n) is 2.70. The Kier molecular flexibility index (Phi) is 1.67. The van der Waals surface area contributed by atoms with E-state index in [9.17, 15) is 5.11 Å². The molecule has 3 heteroatoms. The molecule has 0 saturated carbocycles. The first-order valence-corrected chi connectivity index (χ1v) is 3.91. The minimum Gasteiger partial charge on any atom is -0.492 e. The molecule has 1 heterocycles. The first kappa shape index (κ1) is 7.69. The molecule has 0 aliphatic carbocycles. The molecule has 0 fully saturated rings. The van der Waals surface area contributed by atoms with Gasteiger partial charge >= 0.3 is 0 Å². The average molecular weight is 172 g/mol. The van der Waals surface area contributed by atoms with Crippen LogP contribution in [0.4, 0.5) is 0 Å². The molecule has 1 N–H and O–H groups in total. The molecule has 1 aromatic heterocycles. The summed E-state index contributed by atoms with van der Waals surface area (Å²) in [6.45, 7) is 0.376. The van der Waals surface area contributed by atoms with Crippen LogP contribution in [0.3, 0.4) is 0 Å². The van der Waals surface area contributed by atoms with Crippen LogP contribution in [0.15, 0.2) is 24.3 Å². The number of hydrogen-bond acceptors (Lipinski definition) is 2. The normalized spacial score (nSPS) is 10.1. The lowest BCUT2D eigenvalue weighted by molar-refractivity contribution is 0.447. The minimum atomic E-state index is 0.0332. The molecule has 2 rings (SSSR count). The number of terminal acetylenes is 1. The second kappa shape index (κ2) is 2.83. The summed E-state index contributed by atoms with van der Waals surface area (Å²) in [7, 11) is 0. The predicted molar refractivity (Wildman–Crippen MR) is 50.2 cm³/mol. The van der Waals surface area contributed by atoms with Crippen LogP contribution in [-0.4, -0.2) is 14.9 Å². The highest BCUT2D eigenvalue weighted by molar-refractivity contribution is 5.84. The first-order valence-electron chi connectivity index (χ1n) is 3.91. The van der Waals surface area contributed by atoms with Crippen molar-refractivity contribution in [3.05, 3.63) is 24.3 Å². The molecule has 0 amide bonds. The summed E-state index contributed by atoms with van der Waals surface area (Å²) in [4.78, 5) is 0. The molecule has 64 valence electrons. The van der Waals surface area contributed by atoms with Gasteiger partial charge in [-0.3, -0.25) is 0 Å². The van der Waals surface area contributed by atoms with Gasteiger partial charge in [-0.15, -0.1) is 11.5 Å². The molecule has 3 nitrogen and oxygen atoms in total. The molecule has 0 aliphatic heterocycles. The van der Waals surface area contributed by atoms with Gasteiger partial charge in [0.2, 0.25) is 5.88 Å². The van der Waals surface area contributed by atoms with Crippen LogP contribution >= 0.6 is 0 Å². The molecule has 2 aromatic rings. The fourth-order valence-corrected chi connectivity index (χ4v) is 1.32. The zero-order valence-corrected chi connectivity index (χ0v) is 6.94. The van der Waals surface area contributed by atoms with Gasteiger partial charge in [-0.2, -0.15) is 0 Å². The quantitative estimate of drug-likeness (QED) is 0.660. The topological polar surface area (TPSA) is 38.0 Å². The van der Waals surface area contributed by atoms with Crippen molar-refractivity contribution in [2.24, 2.45) is 0 Å². The third-order valence-corrected chi connectivity index (χ3v) is 1.88. The molecule has 0 unspecified atom stereocenters. The minimum absolute atomic E-state index is 0.0332. The third-order valence-electron chi connectivity index (χ3n) is 1.88. The standard InChI is InChI=1S/C10H8N2O/c1-2-7-12-9-6-4-3-5-8(9)10(13)11-12/h1,3-6H,7H2,(H,11,13). The molecule has 0 spiro atoms. The molecular weight excluding hydrogens is 164 g/mol. The molecule has 0 atom stereocenters. The van der Waals surface area contributed by atoms with Crippen LogP contribution in [0.2, 0.25) is 0 Å². The maximum absolute atomic E-state index is 9.42. The summed E-state index contributed by atoms with van der Waals surface area (Å²) in [6, 6.07) is 7.42. The van der Waals surface area contributed by atoms with E-state index < -0.39 is 0 Å². The van der Waals surface area contributed by atoms with Crippen molar-refractivity contribution in [3.63, 3.8) is 0 Å². The van der Waals surface area contributed by atoms with E-state index in [4.69, 9.17) is 6.42 Å². The van der Waals surface area contributed by atoms with Crippen LogP contribution in [-0.2, 0) is 6.54 Å². The highest BCUT2D eigenvalue weighted by Gasteiger charge is 2.06. The Balaban J connectivity index is 2.72. The lowest BCUT2D eigenvalue weighted by Crippen LogP contribution is -1.96. The second-order valence-corrected chi connectivity index (χ2v) is 2.70. The Morgan fingerprint density at radius 2 is 2.23 bits per heavy atom. The van der Waals surface area contributed by atoms with Crippen LogP contribution in [0.5, 0.6) is 5.88 Å². The average Bonchev–Trinajstić information content (AvgIpc) is 2.46. The highest BCUT2D eigenvalue weighted by atomic mass is 16.3. The van der Waals surface area contributed by atoms with Gasteiger partial charge in [-0.1, -0.05) is 18.1 Å². The Hall–Kier alpha value is -1.95. The van der Waals surface area contributed by atoms with Gasteiger partial charge in [0, 0.05) is 0 Å². The summed E-state index contributed by atoms with van der Waals surface area (Å²) in [5.41, 5.74) is 0.859.